The molecule has 1 N–H and O–H groups in total. The van der Waals surface area contributed by atoms with Crippen LogP contribution >= 0.6 is 0 Å². The molecule has 2 aromatic rings. The third-order valence-electron chi connectivity index (χ3n) is 3.68. The van der Waals surface area contributed by atoms with Crippen molar-refractivity contribution in [3.8, 4) is 5.75 Å². The molecule has 24 heavy (non-hydrogen) atoms. The number of benzene rings is 2. The van der Waals surface area contributed by atoms with E-state index in [1.54, 1.807) is 19.2 Å². The van der Waals surface area contributed by atoms with Gasteiger partial charge < -0.3 is 14.8 Å². The molecular formula is C19H22FNO3. The molecule has 0 saturated heterocycles. The first-order chi connectivity index (χ1) is 11.6. The molecule has 128 valence electrons. The Balaban J connectivity index is 1.78. The van der Waals surface area contributed by atoms with Crippen molar-refractivity contribution in [1.82, 2.24) is 5.32 Å². The number of carbonyl (C=O) groups is 1. The molecule has 0 heterocycles. The average molecular weight is 331 g/mol. The number of methoxy groups -OCH3 is 2. The largest absolute Gasteiger partial charge is 0.494 e. The van der Waals surface area contributed by atoms with Gasteiger partial charge in [-0.05, 0) is 35.2 Å². The monoisotopic (exact) mass is 331 g/mol. The van der Waals surface area contributed by atoms with Gasteiger partial charge in [0.15, 0.2) is 11.6 Å². The number of nitrogens with one attached hydrogen (secondary N) is 1. The van der Waals surface area contributed by atoms with Crippen LogP contribution in [-0.4, -0.2) is 20.1 Å². The molecule has 2 aromatic carbocycles. The number of aryl methyl sites for hydroxylation is 1. The van der Waals surface area contributed by atoms with Gasteiger partial charge in [0, 0.05) is 20.1 Å². The number of rotatable bonds is 8. The van der Waals surface area contributed by atoms with E-state index in [9.17, 15) is 9.18 Å². The fourth-order valence-corrected chi connectivity index (χ4v) is 2.33. The van der Waals surface area contributed by atoms with Crippen LogP contribution in [0, 0.1) is 5.82 Å². The molecule has 0 unspecified atom stereocenters. The van der Waals surface area contributed by atoms with E-state index in [0.29, 0.717) is 26.0 Å². The van der Waals surface area contributed by atoms with Gasteiger partial charge in [-0.1, -0.05) is 30.3 Å². The lowest BCUT2D eigenvalue weighted by molar-refractivity contribution is -0.121. The zero-order valence-electron chi connectivity index (χ0n) is 14.0. The molecular weight excluding hydrogens is 309 g/mol. The summed E-state index contributed by atoms with van der Waals surface area (Å²) in [6, 6.07) is 12.6. The maximum atomic E-state index is 13.6. The molecule has 0 radical (unpaired) electrons. The van der Waals surface area contributed by atoms with Gasteiger partial charge in [-0.15, -0.1) is 0 Å². The number of carbonyl (C=O) groups excluding carboxylic acids is 1. The third-order valence-corrected chi connectivity index (χ3v) is 3.68. The van der Waals surface area contributed by atoms with Crippen LogP contribution in [0.15, 0.2) is 42.5 Å². The number of hydrogen-bond donors (Lipinski definition) is 1. The van der Waals surface area contributed by atoms with E-state index >= 15 is 0 Å². The van der Waals surface area contributed by atoms with Gasteiger partial charge in [0.25, 0.3) is 0 Å². The van der Waals surface area contributed by atoms with E-state index in [4.69, 9.17) is 9.47 Å². The van der Waals surface area contributed by atoms with Crippen molar-refractivity contribution < 1.29 is 18.7 Å². The van der Waals surface area contributed by atoms with Crippen LogP contribution in [-0.2, 0) is 29.1 Å². The minimum atomic E-state index is -0.411. The van der Waals surface area contributed by atoms with Crippen LogP contribution in [0.2, 0.25) is 0 Å². The summed E-state index contributed by atoms with van der Waals surface area (Å²) < 4.78 is 23.5. The molecule has 0 aliphatic carbocycles. The zero-order valence-corrected chi connectivity index (χ0v) is 14.0. The van der Waals surface area contributed by atoms with Crippen LogP contribution in [0.3, 0.4) is 0 Å². The quantitative estimate of drug-likeness (QED) is 0.808. The van der Waals surface area contributed by atoms with Gasteiger partial charge in [-0.2, -0.15) is 0 Å². The van der Waals surface area contributed by atoms with Crippen molar-refractivity contribution in [1.29, 1.82) is 0 Å². The fourth-order valence-electron chi connectivity index (χ4n) is 2.33. The Morgan fingerprint density at radius 1 is 1.04 bits per heavy atom. The molecule has 0 aliphatic heterocycles. The van der Waals surface area contributed by atoms with E-state index in [-0.39, 0.29) is 11.7 Å². The lowest BCUT2D eigenvalue weighted by Crippen LogP contribution is -2.23. The second-order valence-electron chi connectivity index (χ2n) is 5.50. The van der Waals surface area contributed by atoms with Crippen LogP contribution < -0.4 is 10.1 Å². The SMILES string of the molecule is COCc1ccc(CNC(=O)CCc2ccc(OC)c(F)c2)cc1. The molecule has 0 aliphatic rings. The Morgan fingerprint density at radius 3 is 2.33 bits per heavy atom. The Bertz CT molecular complexity index is 671. The summed E-state index contributed by atoms with van der Waals surface area (Å²) in [5.41, 5.74) is 2.89. The van der Waals surface area contributed by atoms with Gasteiger partial charge >= 0.3 is 0 Å². The Morgan fingerprint density at radius 2 is 1.71 bits per heavy atom. The number of halogens is 1. The zero-order chi connectivity index (χ0) is 17.4. The van der Waals surface area contributed by atoms with Crippen LogP contribution in [0.4, 0.5) is 4.39 Å². The molecule has 5 heteroatoms. The molecule has 0 saturated carbocycles. The molecule has 2 rings (SSSR count). The minimum absolute atomic E-state index is 0.0628. The van der Waals surface area contributed by atoms with Crippen LogP contribution in [0.25, 0.3) is 0 Å². The summed E-state index contributed by atoms with van der Waals surface area (Å²) >= 11 is 0. The number of amides is 1. The predicted molar refractivity (Wildman–Crippen MR) is 90.3 cm³/mol. The molecule has 1 amide bonds. The molecule has 4 nitrogen and oxygen atoms in total. The smallest absolute Gasteiger partial charge is 0.220 e. The highest BCUT2D eigenvalue weighted by molar-refractivity contribution is 5.76. The van der Waals surface area contributed by atoms with E-state index in [1.165, 1.54) is 13.2 Å². The van der Waals surface area contributed by atoms with Crippen molar-refractivity contribution in [3.63, 3.8) is 0 Å². The second-order valence-corrected chi connectivity index (χ2v) is 5.50. The van der Waals surface area contributed by atoms with E-state index in [2.05, 4.69) is 5.32 Å². The van der Waals surface area contributed by atoms with Gasteiger partial charge in [-0.25, -0.2) is 4.39 Å². The second kappa shape index (κ2) is 9.03. The topological polar surface area (TPSA) is 47.6 Å². The van der Waals surface area contributed by atoms with E-state index in [1.807, 2.05) is 24.3 Å². The maximum absolute atomic E-state index is 13.6. The highest BCUT2D eigenvalue weighted by Gasteiger charge is 2.06. The number of ether oxygens (including phenoxy) is 2. The lowest BCUT2D eigenvalue weighted by Gasteiger charge is -2.08. The minimum Gasteiger partial charge on any atom is -0.494 e. The maximum Gasteiger partial charge on any atom is 0.220 e. The highest BCUT2D eigenvalue weighted by atomic mass is 19.1. The van der Waals surface area contributed by atoms with Crippen molar-refractivity contribution >= 4 is 5.91 Å². The third kappa shape index (κ3) is 5.35. The molecule has 0 spiro atoms. The average Bonchev–Trinajstić information content (AvgIpc) is 2.60. The summed E-state index contributed by atoms with van der Waals surface area (Å²) in [5, 5.41) is 2.87. The first-order valence-corrected chi connectivity index (χ1v) is 7.78. The van der Waals surface area contributed by atoms with Crippen LogP contribution in [0.1, 0.15) is 23.1 Å². The first-order valence-electron chi connectivity index (χ1n) is 7.78. The molecule has 0 aromatic heterocycles. The summed E-state index contributed by atoms with van der Waals surface area (Å²) in [7, 11) is 3.08. The normalized spacial score (nSPS) is 10.5. The van der Waals surface area contributed by atoms with E-state index in [0.717, 1.165) is 16.7 Å². The summed E-state index contributed by atoms with van der Waals surface area (Å²) in [4.78, 5) is 11.9. The van der Waals surface area contributed by atoms with E-state index < -0.39 is 5.82 Å². The lowest BCUT2D eigenvalue weighted by atomic mass is 10.1. The molecule has 0 atom stereocenters. The number of hydrogen-bond acceptors (Lipinski definition) is 3. The summed E-state index contributed by atoms with van der Waals surface area (Å²) in [6.07, 6.45) is 0.799. The summed E-state index contributed by atoms with van der Waals surface area (Å²) in [6.45, 7) is 1.05. The molecule has 0 bridgehead atoms. The Labute approximate surface area is 141 Å². The van der Waals surface area contributed by atoms with Gasteiger partial charge in [0.1, 0.15) is 0 Å². The van der Waals surface area contributed by atoms with Crippen molar-refractivity contribution in [2.24, 2.45) is 0 Å². The predicted octanol–water partition coefficient (Wildman–Crippen LogP) is 3.23. The standard InChI is InChI=1S/C19H22FNO3/c1-23-13-16-5-3-15(4-6-16)12-21-19(22)10-8-14-7-9-18(24-2)17(20)11-14/h3-7,9,11H,8,10,12-13H2,1-2H3,(H,21,22). The van der Waals surface area contributed by atoms with Gasteiger partial charge in [-0.3, -0.25) is 4.79 Å². The summed E-state index contributed by atoms with van der Waals surface area (Å²) in [5.74, 6) is -0.265. The fraction of sp³-hybridized carbons (Fsp3) is 0.316. The van der Waals surface area contributed by atoms with Crippen molar-refractivity contribution in [3.05, 3.63) is 65.0 Å². The van der Waals surface area contributed by atoms with Gasteiger partial charge in [0.2, 0.25) is 5.91 Å². The Hall–Kier alpha value is -2.40. The molecule has 0 fully saturated rings. The van der Waals surface area contributed by atoms with Crippen LogP contribution in [0.5, 0.6) is 5.75 Å². The van der Waals surface area contributed by atoms with Gasteiger partial charge in [0.05, 0.1) is 13.7 Å². The Kier molecular flexibility index (Phi) is 6.75. The first kappa shape index (κ1) is 17.9. The van der Waals surface area contributed by atoms with Crippen molar-refractivity contribution in [2.45, 2.75) is 26.0 Å². The van der Waals surface area contributed by atoms with Crippen molar-refractivity contribution in [2.75, 3.05) is 14.2 Å². The highest BCUT2D eigenvalue weighted by Crippen LogP contribution is 2.18.